The Kier molecular flexibility index (Phi) is 2.58. The van der Waals surface area contributed by atoms with Crippen molar-refractivity contribution in [3.05, 3.63) is 36.2 Å². The van der Waals surface area contributed by atoms with E-state index in [0.717, 1.165) is 0 Å². The minimum absolute atomic E-state index is 0.0232. The third kappa shape index (κ3) is 2.20. The summed E-state index contributed by atoms with van der Waals surface area (Å²) < 4.78 is 0. The van der Waals surface area contributed by atoms with Crippen LogP contribution >= 0.6 is 0 Å². The van der Waals surface area contributed by atoms with Gasteiger partial charge >= 0.3 is 0 Å². The highest BCUT2D eigenvalue weighted by molar-refractivity contribution is 5.93. The molecule has 1 N–H and O–H groups in total. The molecule has 1 aromatic heterocycles. The molecular formula is C9H9NO2. The van der Waals surface area contributed by atoms with Crippen LogP contribution in [0.4, 0.5) is 0 Å². The number of allylic oxidation sites excluding steroid dienone is 1. The summed E-state index contributed by atoms with van der Waals surface area (Å²) in [5.41, 5.74) is 0.597. The Labute approximate surface area is 70.4 Å². The molecule has 12 heavy (non-hydrogen) atoms. The van der Waals surface area contributed by atoms with Gasteiger partial charge in [0.15, 0.2) is 5.78 Å². The number of hydrogen-bond donors (Lipinski definition) is 1. The van der Waals surface area contributed by atoms with E-state index < -0.39 is 0 Å². The zero-order valence-corrected chi connectivity index (χ0v) is 6.69. The molecule has 0 bridgehead atoms. The lowest BCUT2D eigenvalue weighted by molar-refractivity contribution is -0.112. The summed E-state index contributed by atoms with van der Waals surface area (Å²) in [7, 11) is 0. The molecule has 0 unspecified atom stereocenters. The van der Waals surface area contributed by atoms with Crippen LogP contribution in [0.5, 0.6) is 0 Å². The maximum atomic E-state index is 10.6. The van der Waals surface area contributed by atoms with Crippen molar-refractivity contribution in [2.45, 2.75) is 6.92 Å². The van der Waals surface area contributed by atoms with Crippen LogP contribution in [0, 0.1) is 0 Å². The van der Waals surface area contributed by atoms with Gasteiger partial charge < -0.3 is 5.11 Å². The van der Waals surface area contributed by atoms with Crippen LogP contribution in [-0.2, 0) is 4.79 Å². The molecule has 0 aliphatic rings. The smallest absolute Gasteiger partial charge is 0.156 e. The molecule has 0 atom stereocenters. The fourth-order valence-electron chi connectivity index (χ4n) is 0.799. The summed E-state index contributed by atoms with van der Waals surface area (Å²) in [5, 5.41) is 9.30. The molecule has 1 heterocycles. The Balaban J connectivity index is 2.93. The second-order valence-electron chi connectivity index (χ2n) is 2.38. The third-order valence-corrected chi connectivity index (χ3v) is 1.32. The van der Waals surface area contributed by atoms with Crippen LogP contribution in [0.25, 0.3) is 5.76 Å². The first-order chi connectivity index (χ1) is 5.70. The predicted octanol–water partition coefficient (Wildman–Crippen LogP) is 1.57. The molecule has 0 radical (unpaired) electrons. The molecule has 0 saturated heterocycles. The molecule has 1 aromatic rings. The maximum absolute atomic E-state index is 10.6. The van der Waals surface area contributed by atoms with E-state index in [1.807, 2.05) is 0 Å². The molecule has 0 aromatic carbocycles. The molecule has 0 saturated carbocycles. The number of hydrogen-bond acceptors (Lipinski definition) is 3. The van der Waals surface area contributed by atoms with Crippen molar-refractivity contribution in [1.29, 1.82) is 0 Å². The average molecular weight is 163 g/mol. The van der Waals surface area contributed by atoms with E-state index in [2.05, 4.69) is 4.98 Å². The van der Waals surface area contributed by atoms with Gasteiger partial charge in [-0.25, -0.2) is 0 Å². The first-order valence-electron chi connectivity index (χ1n) is 3.52. The van der Waals surface area contributed by atoms with Crippen molar-refractivity contribution in [3.8, 4) is 0 Å². The Morgan fingerprint density at radius 1 is 1.50 bits per heavy atom. The van der Waals surface area contributed by atoms with Crippen LogP contribution < -0.4 is 0 Å². The minimum atomic E-state index is -0.177. The van der Waals surface area contributed by atoms with Gasteiger partial charge in [0.2, 0.25) is 0 Å². The van der Waals surface area contributed by atoms with Gasteiger partial charge in [-0.2, -0.15) is 0 Å². The zero-order chi connectivity index (χ0) is 8.97. The quantitative estimate of drug-likeness (QED) is 0.531. The van der Waals surface area contributed by atoms with Gasteiger partial charge in [-0.1, -0.05) is 0 Å². The van der Waals surface area contributed by atoms with E-state index >= 15 is 0 Å². The van der Waals surface area contributed by atoms with Gasteiger partial charge in [-0.15, -0.1) is 0 Å². The molecule has 0 fully saturated rings. The Morgan fingerprint density at radius 3 is 2.58 bits per heavy atom. The van der Waals surface area contributed by atoms with E-state index in [9.17, 15) is 9.90 Å². The van der Waals surface area contributed by atoms with E-state index in [4.69, 9.17) is 0 Å². The summed E-state index contributed by atoms with van der Waals surface area (Å²) in [5.74, 6) is -0.200. The topological polar surface area (TPSA) is 50.2 Å². The second kappa shape index (κ2) is 3.67. The van der Waals surface area contributed by atoms with E-state index in [1.165, 1.54) is 13.0 Å². The molecule has 0 aliphatic carbocycles. The monoisotopic (exact) mass is 163 g/mol. The second-order valence-corrected chi connectivity index (χ2v) is 2.38. The molecule has 0 spiro atoms. The Morgan fingerprint density at radius 2 is 2.08 bits per heavy atom. The summed E-state index contributed by atoms with van der Waals surface area (Å²) in [6, 6.07) is 3.27. The number of aliphatic hydroxyl groups excluding tert-OH is 1. The number of ketones is 1. The van der Waals surface area contributed by atoms with E-state index in [-0.39, 0.29) is 11.5 Å². The lowest BCUT2D eigenvalue weighted by Gasteiger charge is -1.96. The molecule has 3 nitrogen and oxygen atoms in total. The fourth-order valence-corrected chi connectivity index (χ4v) is 0.799. The predicted molar refractivity (Wildman–Crippen MR) is 45.5 cm³/mol. The first-order valence-corrected chi connectivity index (χ1v) is 3.52. The van der Waals surface area contributed by atoms with Crippen molar-refractivity contribution in [1.82, 2.24) is 4.98 Å². The van der Waals surface area contributed by atoms with Crippen LogP contribution in [0.1, 0.15) is 12.5 Å². The Hall–Kier alpha value is -1.64. The van der Waals surface area contributed by atoms with Crippen molar-refractivity contribution in [3.63, 3.8) is 0 Å². The standard InChI is InChI=1S/C9H9NO2/c1-7(11)6-9(12)8-2-4-10-5-3-8/h2-6,12H,1H3/b9-6-. The van der Waals surface area contributed by atoms with Crippen molar-refractivity contribution in [2.24, 2.45) is 0 Å². The molecular weight excluding hydrogens is 154 g/mol. The summed E-state index contributed by atoms with van der Waals surface area (Å²) in [4.78, 5) is 14.4. The zero-order valence-electron chi connectivity index (χ0n) is 6.69. The lowest BCUT2D eigenvalue weighted by atomic mass is 10.2. The van der Waals surface area contributed by atoms with Crippen molar-refractivity contribution in [2.75, 3.05) is 0 Å². The van der Waals surface area contributed by atoms with Crippen LogP contribution in [0.2, 0.25) is 0 Å². The molecule has 1 rings (SSSR count). The summed E-state index contributed by atoms with van der Waals surface area (Å²) in [6.07, 6.45) is 4.29. The number of carbonyl (C=O) groups is 1. The Bertz CT molecular complexity index is 304. The van der Waals surface area contributed by atoms with Crippen LogP contribution in [0.3, 0.4) is 0 Å². The third-order valence-electron chi connectivity index (χ3n) is 1.32. The average Bonchev–Trinajstić information content (AvgIpc) is 2.05. The SMILES string of the molecule is CC(=O)/C=C(\O)c1ccncc1. The van der Waals surface area contributed by atoms with Gasteiger partial charge in [0.05, 0.1) is 0 Å². The minimum Gasteiger partial charge on any atom is -0.507 e. The number of pyridine rings is 1. The highest BCUT2D eigenvalue weighted by atomic mass is 16.3. The van der Waals surface area contributed by atoms with Crippen LogP contribution in [0.15, 0.2) is 30.6 Å². The fraction of sp³-hybridized carbons (Fsp3) is 0.111. The van der Waals surface area contributed by atoms with Gasteiger partial charge in [-0.05, 0) is 19.1 Å². The summed E-state index contributed by atoms with van der Waals surface area (Å²) in [6.45, 7) is 1.39. The van der Waals surface area contributed by atoms with Crippen LogP contribution in [-0.4, -0.2) is 15.9 Å². The van der Waals surface area contributed by atoms with E-state index in [0.29, 0.717) is 5.56 Å². The number of nitrogens with zero attached hydrogens (tertiary/aromatic N) is 1. The lowest BCUT2D eigenvalue weighted by Crippen LogP contribution is -1.88. The largest absolute Gasteiger partial charge is 0.507 e. The van der Waals surface area contributed by atoms with E-state index in [1.54, 1.807) is 24.5 Å². The van der Waals surface area contributed by atoms with Gasteiger partial charge in [0, 0.05) is 24.0 Å². The highest BCUT2D eigenvalue weighted by Gasteiger charge is 1.97. The van der Waals surface area contributed by atoms with Gasteiger partial charge in [0.25, 0.3) is 0 Å². The number of aliphatic hydroxyl groups is 1. The summed E-state index contributed by atoms with van der Waals surface area (Å²) >= 11 is 0. The number of rotatable bonds is 2. The van der Waals surface area contributed by atoms with Crippen molar-refractivity contribution < 1.29 is 9.90 Å². The van der Waals surface area contributed by atoms with Gasteiger partial charge in [0.1, 0.15) is 5.76 Å². The molecule has 3 heteroatoms. The van der Waals surface area contributed by atoms with Crippen molar-refractivity contribution >= 4 is 11.5 Å². The molecule has 0 aliphatic heterocycles. The number of carbonyl (C=O) groups excluding carboxylic acids is 1. The highest BCUT2D eigenvalue weighted by Crippen LogP contribution is 2.08. The normalized spacial score (nSPS) is 11.2. The molecule has 62 valence electrons. The molecule has 0 amide bonds. The first kappa shape index (κ1) is 8.46. The van der Waals surface area contributed by atoms with Gasteiger partial charge in [-0.3, -0.25) is 9.78 Å². The maximum Gasteiger partial charge on any atom is 0.156 e. The number of aromatic nitrogens is 1.